The highest BCUT2D eigenvalue weighted by Gasteiger charge is 2.18. The Labute approximate surface area is 88.6 Å². The van der Waals surface area contributed by atoms with Crippen molar-refractivity contribution in [3.63, 3.8) is 0 Å². The summed E-state index contributed by atoms with van der Waals surface area (Å²) in [7, 11) is 0. The minimum Gasteiger partial charge on any atom is -0.508 e. The fraction of sp³-hybridized carbons (Fsp3) is 0.333. The number of aromatic hydroxyl groups is 1. The monoisotopic (exact) mass is 206 g/mol. The number of aliphatic hydroxyl groups excluding tert-OH is 1. The summed E-state index contributed by atoms with van der Waals surface area (Å²) in [4.78, 5) is 0. The molecule has 1 atom stereocenters. The maximum absolute atomic E-state index is 9.46. The zero-order valence-electron chi connectivity index (χ0n) is 8.60. The molecule has 0 saturated heterocycles. The Morgan fingerprint density at radius 3 is 2.93 bits per heavy atom. The molecule has 0 saturated carbocycles. The molecule has 2 N–H and O–H groups in total. The summed E-state index contributed by atoms with van der Waals surface area (Å²) < 4.78 is 5.21. The van der Waals surface area contributed by atoms with Gasteiger partial charge in [0.1, 0.15) is 11.5 Å². The van der Waals surface area contributed by atoms with Crippen molar-refractivity contribution in [2.45, 2.75) is 26.1 Å². The first-order valence-electron chi connectivity index (χ1n) is 5.09. The number of ether oxygens (including phenoxy) is 1. The minimum atomic E-state index is -0.902. The van der Waals surface area contributed by atoms with Gasteiger partial charge in [0.15, 0.2) is 0 Å². The molecule has 0 aromatic heterocycles. The predicted molar refractivity (Wildman–Crippen MR) is 57.6 cm³/mol. The number of rotatable bonds is 2. The Morgan fingerprint density at radius 1 is 1.40 bits per heavy atom. The number of phenols is 1. The summed E-state index contributed by atoms with van der Waals surface area (Å²) in [5, 5.41) is 18.8. The second kappa shape index (κ2) is 3.95. The lowest BCUT2D eigenvalue weighted by molar-refractivity contribution is 0.0222. The van der Waals surface area contributed by atoms with Gasteiger partial charge in [0.2, 0.25) is 6.29 Å². The lowest BCUT2D eigenvalue weighted by atomic mass is 9.98. The van der Waals surface area contributed by atoms with Crippen molar-refractivity contribution >= 4 is 5.57 Å². The number of benzene rings is 1. The smallest absolute Gasteiger partial charge is 0.217 e. The lowest BCUT2D eigenvalue weighted by Crippen LogP contribution is -2.17. The number of aliphatic hydroxyl groups is 1. The van der Waals surface area contributed by atoms with E-state index in [4.69, 9.17) is 4.74 Å². The van der Waals surface area contributed by atoms with Gasteiger partial charge in [0.05, 0.1) is 0 Å². The van der Waals surface area contributed by atoms with Crippen LogP contribution >= 0.6 is 0 Å². The van der Waals surface area contributed by atoms with E-state index in [9.17, 15) is 10.2 Å². The number of allylic oxidation sites excluding steroid dienone is 1. The molecular formula is C12H14O3. The Kier molecular flexibility index (Phi) is 2.64. The zero-order valence-corrected chi connectivity index (χ0v) is 8.60. The average molecular weight is 206 g/mol. The molecule has 0 aliphatic carbocycles. The van der Waals surface area contributed by atoms with Gasteiger partial charge < -0.3 is 14.9 Å². The van der Waals surface area contributed by atoms with Crippen LogP contribution in [0.3, 0.4) is 0 Å². The van der Waals surface area contributed by atoms with Crippen LogP contribution < -0.4 is 4.74 Å². The van der Waals surface area contributed by atoms with Crippen molar-refractivity contribution < 1.29 is 14.9 Å². The third kappa shape index (κ3) is 1.97. The maximum atomic E-state index is 9.46. The van der Waals surface area contributed by atoms with Crippen LogP contribution in [-0.2, 0) is 0 Å². The summed E-state index contributed by atoms with van der Waals surface area (Å²) in [6.07, 6.45) is 2.72. The van der Waals surface area contributed by atoms with Crippen LogP contribution in [0.25, 0.3) is 5.57 Å². The molecule has 0 amide bonds. The first kappa shape index (κ1) is 10.1. The predicted octanol–water partition coefficient (Wildman–Crippen LogP) is 2.29. The van der Waals surface area contributed by atoms with Crippen LogP contribution in [0.4, 0.5) is 0 Å². The molecule has 1 aliphatic rings. The van der Waals surface area contributed by atoms with Crippen LogP contribution in [0, 0.1) is 0 Å². The van der Waals surface area contributed by atoms with Gasteiger partial charge in [-0.25, -0.2) is 0 Å². The Bertz CT molecular complexity index is 396. The van der Waals surface area contributed by atoms with Crippen molar-refractivity contribution in [3.8, 4) is 11.5 Å². The molecular weight excluding hydrogens is 192 g/mol. The number of hydrogen-bond donors (Lipinski definition) is 2. The normalized spacial score (nSPS) is 19.1. The number of phenolic OH excluding ortho intramolecular Hbond substituents is 1. The third-order valence-electron chi connectivity index (χ3n) is 2.42. The summed E-state index contributed by atoms with van der Waals surface area (Å²) >= 11 is 0. The van der Waals surface area contributed by atoms with E-state index in [1.165, 1.54) is 6.07 Å². The van der Waals surface area contributed by atoms with Gasteiger partial charge in [-0.15, -0.1) is 0 Å². The SMILES string of the molecule is CCCC1=CC(O)Oc2cc(O)ccc21. The first-order valence-corrected chi connectivity index (χ1v) is 5.09. The molecule has 1 unspecified atom stereocenters. The van der Waals surface area contributed by atoms with Gasteiger partial charge in [0, 0.05) is 11.6 Å². The molecule has 1 aromatic rings. The van der Waals surface area contributed by atoms with Crippen LogP contribution in [-0.4, -0.2) is 16.5 Å². The largest absolute Gasteiger partial charge is 0.508 e. The quantitative estimate of drug-likeness (QED) is 0.780. The average Bonchev–Trinajstić information content (AvgIpc) is 2.17. The summed E-state index contributed by atoms with van der Waals surface area (Å²) in [5.74, 6) is 0.701. The first-order chi connectivity index (χ1) is 7.20. The highest BCUT2D eigenvalue weighted by molar-refractivity contribution is 5.73. The Balaban J connectivity index is 2.42. The van der Waals surface area contributed by atoms with Gasteiger partial charge in [-0.1, -0.05) is 13.3 Å². The molecule has 0 fully saturated rings. The molecule has 1 aromatic carbocycles. The van der Waals surface area contributed by atoms with Crippen LogP contribution in [0.2, 0.25) is 0 Å². The molecule has 15 heavy (non-hydrogen) atoms. The van der Waals surface area contributed by atoms with Gasteiger partial charge in [-0.2, -0.15) is 0 Å². The molecule has 1 aliphatic heterocycles. The standard InChI is InChI=1S/C12H14O3/c1-2-3-8-6-12(14)15-11-7-9(13)4-5-10(8)11/h4-7,12-14H,2-3H2,1H3. The summed E-state index contributed by atoms with van der Waals surface area (Å²) in [6, 6.07) is 4.97. The molecule has 0 bridgehead atoms. The topological polar surface area (TPSA) is 49.7 Å². The van der Waals surface area contributed by atoms with Crippen molar-refractivity contribution in [3.05, 3.63) is 29.8 Å². The van der Waals surface area contributed by atoms with Gasteiger partial charge in [-0.3, -0.25) is 0 Å². The van der Waals surface area contributed by atoms with E-state index in [1.54, 1.807) is 12.1 Å². The summed E-state index contributed by atoms with van der Waals surface area (Å²) in [6.45, 7) is 2.09. The van der Waals surface area contributed by atoms with Gasteiger partial charge >= 0.3 is 0 Å². The molecule has 3 nitrogen and oxygen atoms in total. The van der Waals surface area contributed by atoms with Crippen molar-refractivity contribution in [1.29, 1.82) is 0 Å². The molecule has 1 heterocycles. The van der Waals surface area contributed by atoms with Crippen LogP contribution in [0.15, 0.2) is 24.3 Å². The van der Waals surface area contributed by atoms with Crippen LogP contribution in [0.5, 0.6) is 11.5 Å². The third-order valence-corrected chi connectivity index (χ3v) is 2.42. The fourth-order valence-corrected chi connectivity index (χ4v) is 1.79. The molecule has 0 spiro atoms. The Hall–Kier alpha value is -1.48. The molecule has 3 heteroatoms. The zero-order chi connectivity index (χ0) is 10.8. The lowest BCUT2D eigenvalue weighted by Gasteiger charge is -2.22. The second-order valence-corrected chi connectivity index (χ2v) is 3.63. The fourth-order valence-electron chi connectivity index (χ4n) is 1.79. The molecule has 2 rings (SSSR count). The van der Waals surface area contributed by atoms with E-state index >= 15 is 0 Å². The molecule has 80 valence electrons. The Morgan fingerprint density at radius 2 is 2.20 bits per heavy atom. The highest BCUT2D eigenvalue weighted by atomic mass is 16.6. The molecule has 0 radical (unpaired) electrons. The van der Waals surface area contributed by atoms with Crippen molar-refractivity contribution in [2.75, 3.05) is 0 Å². The van der Waals surface area contributed by atoms with Crippen molar-refractivity contribution in [1.82, 2.24) is 0 Å². The summed E-state index contributed by atoms with van der Waals surface area (Å²) in [5.41, 5.74) is 2.03. The van der Waals surface area contributed by atoms with E-state index in [-0.39, 0.29) is 5.75 Å². The number of hydrogen-bond acceptors (Lipinski definition) is 3. The van der Waals surface area contributed by atoms with E-state index < -0.39 is 6.29 Å². The van der Waals surface area contributed by atoms with E-state index in [2.05, 4.69) is 6.92 Å². The van der Waals surface area contributed by atoms with E-state index in [0.29, 0.717) is 5.75 Å². The van der Waals surface area contributed by atoms with Crippen LogP contribution in [0.1, 0.15) is 25.3 Å². The van der Waals surface area contributed by atoms with Gasteiger partial charge in [-0.05, 0) is 30.2 Å². The van der Waals surface area contributed by atoms with E-state index in [0.717, 1.165) is 24.0 Å². The van der Waals surface area contributed by atoms with Gasteiger partial charge in [0.25, 0.3) is 0 Å². The number of fused-ring (bicyclic) bond motifs is 1. The van der Waals surface area contributed by atoms with E-state index in [1.807, 2.05) is 6.07 Å². The minimum absolute atomic E-state index is 0.152. The highest BCUT2D eigenvalue weighted by Crippen LogP contribution is 2.36. The maximum Gasteiger partial charge on any atom is 0.217 e. The second-order valence-electron chi connectivity index (χ2n) is 3.63. The van der Waals surface area contributed by atoms with Crippen molar-refractivity contribution in [2.24, 2.45) is 0 Å².